The first-order chi connectivity index (χ1) is 64.4. The van der Waals surface area contributed by atoms with E-state index in [1.807, 2.05) is 43.3 Å². The minimum Gasteiger partial charge on any atom is -0.497 e. The summed E-state index contributed by atoms with van der Waals surface area (Å²) in [5.41, 5.74) is 11.2. The van der Waals surface area contributed by atoms with Gasteiger partial charge in [-0.05, 0) is 321 Å². The number of nitrogen functional groups attached to an aromatic ring is 1. The van der Waals surface area contributed by atoms with Gasteiger partial charge in [0.05, 0.1) is 76.5 Å². The van der Waals surface area contributed by atoms with Gasteiger partial charge in [0.1, 0.15) is 34.6 Å². The van der Waals surface area contributed by atoms with Crippen LogP contribution in [0.25, 0.3) is 32.7 Å². The fourth-order valence-corrected chi connectivity index (χ4v) is 99.3. The number of fused-ring (bicyclic) bond motifs is 3. The first kappa shape index (κ1) is 131. The molecule has 7 aromatic rings. The van der Waals surface area contributed by atoms with E-state index in [0.717, 1.165) is 105 Å². The van der Waals surface area contributed by atoms with Gasteiger partial charge in [0, 0.05) is 190 Å². The third-order valence-electron chi connectivity index (χ3n) is 17.6. The fraction of sp³-hybridized carbons (Fsp3) is 0.317. The number of nitrogens with zero attached hydrogens (tertiary/aromatic N) is 6. The first-order valence-corrected chi connectivity index (χ1v) is 59.5. The van der Waals surface area contributed by atoms with Crippen LogP contribution in [0, 0.1) is 234 Å². The Morgan fingerprint density at radius 3 is 1.14 bits per heavy atom. The zero-order valence-electron chi connectivity index (χ0n) is 79.0. The molecule has 13 atom stereocenters. The van der Waals surface area contributed by atoms with Gasteiger partial charge in [-0.15, -0.1) is 60.0 Å². The number of terminal acetylenes is 1. The van der Waals surface area contributed by atoms with Crippen LogP contribution in [0.15, 0.2) is 91.4 Å². The van der Waals surface area contributed by atoms with Crippen LogP contribution in [0.1, 0.15) is 120 Å². The Morgan fingerprint density at radius 2 is 0.826 bits per heavy atom. The van der Waals surface area contributed by atoms with E-state index in [0.29, 0.717) is 85.1 Å². The van der Waals surface area contributed by atoms with Gasteiger partial charge in [-0.1, -0.05) is 77.2 Å². The summed E-state index contributed by atoms with van der Waals surface area (Å²) in [6.45, 7) is 27.4. The molecule has 21 nitrogen and oxygen atoms in total. The largest absolute Gasteiger partial charge is 0.497 e. The Morgan fingerprint density at radius 1 is 0.500 bits per heavy atom. The zero-order chi connectivity index (χ0) is 99.0. The Bertz CT molecular complexity index is 6300. The number of ether oxygens (including phenoxy) is 5. The van der Waals surface area contributed by atoms with Gasteiger partial charge in [-0.3, -0.25) is 30.1 Å². The number of anilines is 3. The van der Waals surface area contributed by atoms with Crippen LogP contribution in [0.2, 0.25) is 20.1 Å². The van der Waals surface area contributed by atoms with Crippen molar-refractivity contribution in [2.75, 3.05) is 57.0 Å². The number of rotatable bonds is 17. The molecule has 0 bridgehead atoms. The number of nitro groups is 2. The van der Waals surface area contributed by atoms with E-state index >= 15 is 0 Å². The maximum absolute atomic E-state index is 11.3. The average Bonchev–Trinajstić information content (AvgIpc) is 0.834. The number of hydrogen-bond donors (Lipinski definition) is 5. The Balaban J connectivity index is 0. The summed E-state index contributed by atoms with van der Waals surface area (Å²) in [5, 5.41) is 36.2. The number of methoxy groups -OCH3 is 2. The third-order valence-corrected chi connectivity index (χ3v) is 68.3. The van der Waals surface area contributed by atoms with Crippen molar-refractivity contribution in [2.24, 2.45) is 0 Å². The molecule has 0 spiro atoms. The first-order valence-electron chi connectivity index (χ1n) is 40.8. The van der Waals surface area contributed by atoms with Crippen molar-refractivity contribution in [1.82, 2.24) is 31.3 Å². The number of benzene rings is 4. The Kier molecular flexibility index (Phi) is 75.0. The van der Waals surface area contributed by atoms with Crippen LogP contribution in [-0.2, 0) is 40.2 Å². The third kappa shape index (κ3) is 54.9. The van der Waals surface area contributed by atoms with Crippen LogP contribution >= 0.6 is 138 Å². The molecular formula is C101H110Cl4N11O10P11Zn. The number of nitrogens with one attached hydrogen (secondary N) is 3. The van der Waals surface area contributed by atoms with Gasteiger partial charge in [0.2, 0.25) is 0 Å². The van der Waals surface area contributed by atoms with Crippen molar-refractivity contribution in [1.29, 1.82) is 0 Å². The van der Waals surface area contributed by atoms with Crippen LogP contribution in [0.5, 0.6) is 11.5 Å². The summed E-state index contributed by atoms with van der Waals surface area (Å²) in [6, 6.07) is 24.1. The van der Waals surface area contributed by atoms with Gasteiger partial charge in [0.15, 0.2) is 0 Å². The topological polar surface area (TPSA) is 303 Å². The smallest absolute Gasteiger partial charge is 0.311 e. The monoisotopic (exact) mass is 2180 g/mol. The number of nitrogens with two attached hydrogens (primary N) is 1. The molecule has 3 aliphatic heterocycles. The van der Waals surface area contributed by atoms with Crippen molar-refractivity contribution < 1.29 is 58.5 Å². The predicted molar refractivity (Wildman–Crippen MR) is 608 cm³/mol. The van der Waals surface area contributed by atoms with E-state index in [9.17, 15) is 20.2 Å². The standard InChI is InChI=1S/C32H6.C15H16ClN3O3.C15H18ClN3O.C15H23NO3.C9H4Cl2N2O2.C8H19N.C7H4.H3N.H2O.H12P10.H3P.Zn/c1-3-5-7-9-11-13-15-17-19-21-23-25-27-29-31-32-30-28-26-24-22-20-18-16-14-12-10-8-6-4-2;1-9-6-11(4-5-22-9)18-15-12-7-10(16)2-3-13(12)17-8-14(15)19(20)21;1-9-6-11(4-5-20-9)19-15-12-7-10(16)2-3-14(12)18-8-13(15)17;1-11-8-13(6-7-19-11)16-10-12-4-5-14(17-2)9-15(12)18-3;10-5-1-2-7-6(3-5)9(11)8(4-12-7)13(14)15;1-6-9(7(2)3)8(4)5;1-3-5-7-6-4-2;;;1-7(2)10(8(3)4)9(5)6;;/h1-2H3;2-3,7-9,11H,4-6H2,1H3,(H,17,18);2-3,7-9,11H,4-6,17H2,1H3,(H,18,19);4-5,9,11,13,16H,6-8,10H2,1-3H3;1-4H;7-8H,6H2,1-5H3;1H,2H3;1H3;1H2;1-6H2;1H3;/t;2*9-,11-;11-,13-;;;;;;;;/m.111......../s1. The number of hydrogen-bond acceptors (Lipinski definition) is 18. The van der Waals surface area contributed by atoms with Gasteiger partial charge in [0.25, 0.3) is 0 Å². The van der Waals surface area contributed by atoms with Gasteiger partial charge in [-0.25, -0.2) is 9.97 Å². The molecule has 0 radical (unpaired) electrons. The molecule has 3 saturated heterocycles. The zero-order valence-corrected chi connectivity index (χ0v) is 96.9. The summed E-state index contributed by atoms with van der Waals surface area (Å²) >= 11 is 23.8. The van der Waals surface area contributed by atoms with E-state index in [1.54, 1.807) is 77.6 Å². The maximum Gasteiger partial charge on any atom is 0.311 e. The van der Waals surface area contributed by atoms with Crippen molar-refractivity contribution in [3.63, 3.8) is 0 Å². The molecule has 37 heteroatoms. The van der Waals surface area contributed by atoms with E-state index in [4.69, 9.17) is 82.2 Å². The SMILES string of the molecule is C#CC#CC#CC.CC#CC#CC#CC#CC#CC#CC#CC#CC#CC#CC#CC#CC#CC#CC#CC.CCN(C(C)C)C(C)C.COc1ccc(CN[C@@H]2CCO[C@H](C)C2)c(OC)c1.C[C@@H]1C[C@H](Nc2c(N)cnc3ccc(Cl)cc23)CCO1.C[C@@H]1C[C@H](Nc2c([N+](=O)[O-])cnc3ccc(Cl)cc23)CCO1.N.O.O=[N+]([O-])c1cnc2ccc(Cl)cc2c1Cl.P.PP(P)P(P(P)P)P(P)P.[Zn]. The molecular weight excluding hydrogens is 2080 g/mol. The summed E-state index contributed by atoms with van der Waals surface area (Å²) in [4.78, 5) is 35.8. The van der Waals surface area contributed by atoms with Gasteiger partial charge < -0.3 is 57.0 Å². The molecule has 10 N–H and O–H groups in total. The molecule has 3 aliphatic rings. The summed E-state index contributed by atoms with van der Waals surface area (Å²) < 4.78 is 27.3. The van der Waals surface area contributed by atoms with Crippen LogP contribution < -0.4 is 37.3 Å². The molecule has 7 unspecified atom stereocenters. The molecule has 0 saturated carbocycles. The molecule has 3 aromatic heterocycles. The van der Waals surface area contributed by atoms with E-state index in [2.05, 4.69) is 345 Å². The molecule has 138 heavy (non-hydrogen) atoms. The molecule has 714 valence electrons. The van der Waals surface area contributed by atoms with Crippen molar-refractivity contribution in [3.8, 4) is 225 Å². The predicted octanol–water partition coefficient (Wildman–Crippen LogP) is 21.7. The van der Waals surface area contributed by atoms with Crippen LogP contribution in [0.4, 0.5) is 28.4 Å². The van der Waals surface area contributed by atoms with Gasteiger partial charge in [-0.2, -0.15) is 9.90 Å². The normalized spacial score (nSPS) is 13.9. The summed E-state index contributed by atoms with van der Waals surface area (Å²) in [7, 11) is 21.0. The summed E-state index contributed by atoms with van der Waals surface area (Å²) in [6.07, 6.45) is 15.4. The van der Waals surface area contributed by atoms with Gasteiger partial charge >= 0.3 is 11.4 Å². The second-order valence-corrected chi connectivity index (χ2v) is 66.1. The Labute approximate surface area is 870 Å². The van der Waals surface area contributed by atoms with Crippen molar-refractivity contribution in [2.45, 2.75) is 170 Å². The van der Waals surface area contributed by atoms with Crippen molar-refractivity contribution >= 4 is 199 Å². The van der Waals surface area contributed by atoms with E-state index in [1.165, 1.54) is 6.20 Å². The van der Waals surface area contributed by atoms with Crippen molar-refractivity contribution in [3.05, 3.63) is 137 Å². The molecule has 4 aromatic carbocycles. The van der Waals surface area contributed by atoms with Crippen LogP contribution in [-0.4, -0.2) is 124 Å². The quantitative estimate of drug-likeness (QED) is 0.0186. The average molecular weight is 2190 g/mol. The van der Waals surface area contributed by atoms with E-state index in [-0.39, 0.29) is 104 Å². The number of pyridine rings is 3. The molecule has 3 fully saturated rings. The number of aromatic nitrogens is 3. The molecule has 6 heterocycles. The Hall–Kier alpha value is -8.78. The summed E-state index contributed by atoms with van der Waals surface area (Å²) in [5.74, 6) is 89.3. The second kappa shape index (κ2) is 78.9. The molecule has 0 amide bonds. The van der Waals surface area contributed by atoms with Crippen LogP contribution in [0.3, 0.4) is 0 Å². The number of halogens is 4. The fourth-order valence-electron chi connectivity index (χ4n) is 11.9. The molecule has 10 rings (SSSR count). The second-order valence-electron chi connectivity index (χ2n) is 27.8. The minimum atomic E-state index is -0.574. The molecule has 0 aliphatic carbocycles. The maximum atomic E-state index is 11.3. The van der Waals surface area contributed by atoms with E-state index < -0.39 is 9.85 Å². The minimum absolute atomic E-state index is 0.